The number of fused-ring (bicyclic) bond motifs is 1. The number of amides is 1. The summed E-state index contributed by atoms with van der Waals surface area (Å²) in [5, 5.41) is 7.24. The van der Waals surface area contributed by atoms with Crippen molar-refractivity contribution in [3.63, 3.8) is 0 Å². The van der Waals surface area contributed by atoms with Crippen LogP contribution in [0.4, 0.5) is 5.13 Å². The average molecular weight is 312 g/mol. The molecular weight excluding hydrogens is 298 g/mol. The number of carbonyl (C=O) groups is 1. The molecule has 0 saturated carbocycles. The van der Waals surface area contributed by atoms with Crippen LogP contribution in [0.25, 0.3) is 10.2 Å². The molecule has 7 heteroatoms. The van der Waals surface area contributed by atoms with E-state index in [1.54, 1.807) is 13.2 Å². The van der Waals surface area contributed by atoms with Crippen LogP contribution in [0.2, 0.25) is 5.02 Å². The molecule has 5 nitrogen and oxygen atoms in total. The van der Waals surface area contributed by atoms with Crippen LogP contribution < -0.4 is 10.6 Å². The summed E-state index contributed by atoms with van der Waals surface area (Å²) < 4.78 is 6.19. The van der Waals surface area contributed by atoms with E-state index < -0.39 is 0 Å². The number of benzene rings is 1. The van der Waals surface area contributed by atoms with Crippen LogP contribution in [-0.4, -0.2) is 36.7 Å². The van der Waals surface area contributed by atoms with Gasteiger partial charge in [-0.1, -0.05) is 22.9 Å². The fourth-order valence-electron chi connectivity index (χ4n) is 2.23. The zero-order valence-electron chi connectivity index (χ0n) is 10.9. The molecule has 0 radical (unpaired) electrons. The van der Waals surface area contributed by atoms with Gasteiger partial charge in [0.15, 0.2) is 5.13 Å². The molecule has 1 fully saturated rings. The third-order valence-corrected chi connectivity index (χ3v) is 4.49. The van der Waals surface area contributed by atoms with Gasteiger partial charge in [0.05, 0.1) is 22.4 Å². The van der Waals surface area contributed by atoms with E-state index in [2.05, 4.69) is 15.6 Å². The minimum Gasteiger partial charge on any atom is -0.380 e. The molecule has 1 saturated heterocycles. The van der Waals surface area contributed by atoms with Crippen molar-refractivity contribution < 1.29 is 9.53 Å². The van der Waals surface area contributed by atoms with E-state index >= 15 is 0 Å². The van der Waals surface area contributed by atoms with Crippen molar-refractivity contribution in [1.29, 1.82) is 0 Å². The molecule has 20 heavy (non-hydrogen) atoms. The van der Waals surface area contributed by atoms with Gasteiger partial charge < -0.3 is 15.4 Å². The second kappa shape index (κ2) is 5.65. The van der Waals surface area contributed by atoms with Gasteiger partial charge in [-0.05, 0) is 24.6 Å². The monoisotopic (exact) mass is 311 g/mol. The average Bonchev–Trinajstić information content (AvgIpc) is 3.03. The van der Waals surface area contributed by atoms with Crippen molar-refractivity contribution >= 4 is 44.2 Å². The van der Waals surface area contributed by atoms with Crippen LogP contribution in [0.15, 0.2) is 18.2 Å². The predicted octanol–water partition coefficient (Wildman–Crippen LogP) is 2.27. The molecule has 106 valence electrons. The number of carbonyl (C=O) groups excluding carboxylic acids is 1. The van der Waals surface area contributed by atoms with Crippen molar-refractivity contribution in [2.45, 2.75) is 18.6 Å². The third-order valence-electron chi connectivity index (χ3n) is 3.32. The molecule has 1 aliphatic heterocycles. The summed E-state index contributed by atoms with van der Waals surface area (Å²) in [5.74, 6) is -0.0743. The molecule has 1 aliphatic rings. The lowest BCUT2D eigenvalue weighted by Gasteiger charge is -2.08. The molecule has 2 N–H and O–H groups in total. The Kier molecular flexibility index (Phi) is 3.89. The number of thiazole rings is 1. The van der Waals surface area contributed by atoms with E-state index in [-0.39, 0.29) is 18.1 Å². The van der Waals surface area contributed by atoms with Crippen LogP contribution in [-0.2, 0) is 9.53 Å². The van der Waals surface area contributed by atoms with Crippen LogP contribution in [0, 0.1) is 0 Å². The number of rotatable bonds is 3. The number of hydrogen-bond donors (Lipinski definition) is 2. The maximum atomic E-state index is 12.1. The minimum absolute atomic E-state index is 0.0743. The lowest BCUT2D eigenvalue weighted by molar-refractivity contribution is -0.118. The Morgan fingerprint density at radius 3 is 3.20 bits per heavy atom. The maximum absolute atomic E-state index is 12.1. The van der Waals surface area contributed by atoms with Gasteiger partial charge in [-0.2, -0.15) is 0 Å². The van der Waals surface area contributed by atoms with E-state index in [9.17, 15) is 4.79 Å². The summed E-state index contributed by atoms with van der Waals surface area (Å²) in [7, 11) is 1.66. The Labute approximate surface area is 125 Å². The molecule has 2 unspecified atom stereocenters. The standard InChI is InChI=1S/C13H14ClN3O2S/c1-19-8-5-10(15-6-8)12(18)17-13-16-9-3-2-7(14)4-11(9)20-13/h2-4,8,10,15H,5-6H2,1H3,(H,16,17,18). The van der Waals surface area contributed by atoms with E-state index in [0.29, 0.717) is 23.1 Å². The highest BCUT2D eigenvalue weighted by Crippen LogP contribution is 2.28. The molecule has 1 aromatic carbocycles. The third kappa shape index (κ3) is 2.78. The highest BCUT2D eigenvalue weighted by atomic mass is 35.5. The topological polar surface area (TPSA) is 63.2 Å². The number of halogens is 1. The fraction of sp³-hybridized carbons (Fsp3) is 0.385. The van der Waals surface area contributed by atoms with E-state index in [4.69, 9.17) is 16.3 Å². The Bertz CT molecular complexity index is 646. The van der Waals surface area contributed by atoms with Gasteiger partial charge in [-0.15, -0.1) is 0 Å². The number of methoxy groups -OCH3 is 1. The number of hydrogen-bond acceptors (Lipinski definition) is 5. The Morgan fingerprint density at radius 2 is 2.45 bits per heavy atom. The van der Waals surface area contributed by atoms with Crippen LogP contribution in [0.1, 0.15) is 6.42 Å². The molecular formula is C13H14ClN3O2S. The minimum atomic E-state index is -0.226. The Hall–Kier alpha value is -1.21. The van der Waals surface area contributed by atoms with Crippen molar-refractivity contribution in [2.75, 3.05) is 19.0 Å². The molecule has 2 aromatic rings. The van der Waals surface area contributed by atoms with Gasteiger partial charge in [-0.25, -0.2) is 4.98 Å². The molecule has 0 aliphatic carbocycles. The lowest BCUT2D eigenvalue weighted by Crippen LogP contribution is -2.35. The van der Waals surface area contributed by atoms with E-state index in [1.165, 1.54) is 11.3 Å². The van der Waals surface area contributed by atoms with Gasteiger partial charge in [-0.3, -0.25) is 4.79 Å². The first-order chi connectivity index (χ1) is 9.65. The predicted molar refractivity (Wildman–Crippen MR) is 80.5 cm³/mol. The molecule has 0 spiro atoms. The maximum Gasteiger partial charge on any atom is 0.243 e. The number of nitrogens with zero attached hydrogens (tertiary/aromatic N) is 1. The molecule has 2 atom stereocenters. The van der Waals surface area contributed by atoms with Crippen molar-refractivity contribution in [2.24, 2.45) is 0 Å². The van der Waals surface area contributed by atoms with Crippen LogP contribution in [0.3, 0.4) is 0 Å². The number of nitrogens with one attached hydrogen (secondary N) is 2. The SMILES string of the molecule is COC1CNC(C(=O)Nc2nc3ccc(Cl)cc3s2)C1. The van der Waals surface area contributed by atoms with Gasteiger partial charge in [0, 0.05) is 18.7 Å². The van der Waals surface area contributed by atoms with Gasteiger partial charge in [0.2, 0.25) is 5.91 Å². The van der Waals surface area contributed by atoms with Crippen LogP contribution >= 0.6 is 22.9 Å². The second-order valence-electron chi connectivity index (χ2n) is 4.67. The Balaban J connectivity index is 1.71. The number of aromatic nitrogens is 1. The molecule has 3 rings (SSSR count). The fourth-order valence-corrected chi connectivity index (χ4v) is 3.37. The summed E-state index contributed by atoms with van der Waals surface area (Å²) in [6.45, 7) is 0.698. The van der Waals surface area contributed by atoms with E-state index in [1.807, 2.05) is 12.1 Å². The van der Waals surface area contributed by atoms with Crippen molar-refractivity contribution in [1.82, 2.24) is 10.3 Å². The van der Waals surface area contributed by atoms with Crippen molar-refractivity contribution in [3.05, 3.63) is 23.2 Å². The normalized spacial score (nSPS) is 22.3. The largest absolute Gasteiger partial charge is 0.380 e. The summed E-state index contributed by atoms with van der Waals surface area (Å²) in [4.78, 5) is 16.5. The highest BCUT2D eigenvalue weighted by molar-refractivity contribution is 7.22. The molecule has 1 aromatic heterocycles. The highest BCUT2D eigenvalue weighted by Gasteiger charge is 2.29. The van der Waals surface area contributed by atoms with Crippen molar-refractivity contribution in [3.8, 4) is 0 Å². The lowest BCUT2D eigenvalue weighted by atomic mass is 10.2. The molecule has 1 amide bonds. The first kappa shape index (κ1) is 13.8. The van der Waals surface area contributed by atoms with Crippen LogP contribution in [0.5, 0.6) is 0 Å². The van der Waals surface area contributed by atoms with Gasteiger partial charge in [0.25, 0.3) is 0 Å². The first-order valence-corrected chi connectivity index (χ1v) is 7.48. The van der Waals surface area contributed by atoms with E-state index in [0.717, 1.165) is 10.2 Å². The second-order valence-corrected chi connectivity index (χ2v) is 6.14. The summed E-state index contributed by atoms with van der Waals surface area (Å²) in [6.07, 6.45) is 0.777. The Morgan fingerprint density at radius 1 is 1.60 bits per heavy atom. The summed E-state index contributed by atoms with van der Waals surface area (Å²) >= 11 is 7.36. The van der Waals surface area contributed by atoms with Gasteiger partial charge >= 0.3 is 0 Å². The smallest absolute Gasteiger partial charge is 0.243 e. The zero-order chi connectivity index (χ0) is 14.1. The number of anilines is 1. The molecule has 2 heterocycles. The zero-order valence-corrected chi connectivity index (χ0v) is 12.4. The first-order valence-electron chi connectivity index (χ1n) is 6.29. The van der Waals surface area contributed by atoms with Gasteiger partial charge in [0.1, 0.15) is 0 Å². The molecule has 0 bridgehead atoms. The quantitative estimate of drug-likeness (QED) is 0.912. The summed E-state index contributed by atoms with van der Waals surface area (Å²) in [5.41, 5.74) is 0.837. The number of ether oxygens (including phenoxy) is 1. The summed E-state index contributed by atoms with van der Waals surface area (Å²) in [6, 6.07) is 5.25.